The van der Waals surface area contributed by atoms with Crippen molar-refractivity contribution < 1.29 is 9.90 Å². The molecule has 1 N–H and O–H groups in total. The van der Waals surface area contributed by atoms with Crippen LogP contribution < -0.4 is 0 Å². The van der Waals surface area contributed by atoms with E-state index in [0.29, 0.717) is 4.88 Å². The molecule has 0 amide bonds. The predicted octanol–water partition coefficient (Wildman–Crippen LogP) is 1.95. The van der Waals surface area contributed by atoms with Gasteiger partial charge < -0.3 is 5.11 Å². The summed E-state index contributed by atoms with van der Waals surface area (Å²) < 4.78 is 0.824. The number of hydrogen-bond donors (Lipinski definition) is 1. The Morgan fingerprint density at radius 2 is 2.64 bits per heavy atom. The summed E-state index contributed by atoms with van der Waals surface area (Å²) in [5, 5.41) is 8.53. The number of rotatable bonds is 3. The molecule has 0 saturated heterocycles. The first kappa shape index (κ1) is 8.55. The third kappa shape index (κ3) is 2.20. The second kappa shape index (κ2) is 3.73. The number of hydrogen-bond acceptors (Lipinski definition) is 4. The third-order valence-electron chi connectivity index (χ3n) is 0.963. The van der Waals surface area contributed by atoms with Crippen LogP contribution in [0.2, 0.25) is 0 Å². The van der Waals surface area contributed by atoms with Gasteiger partial charge in [-0.25, -0.2) is 9.78 Å². The lowest BCUT2D eigenvalue weighted by molar-refractivity contribution is 0.0702. The fourth-order valence-electron chi connectivity index (χ4n) is 0.547. The normalized spacial score (nSPS) is 9.91. The van der Waals surface area contributed by atoms with Gasteiger partial charge in [0.05, 0.1) is 6.20 Å². The van der Waals surface area contributed by atoms with Gasteiger partial charge in [0.2, 0.25) is 0 Å². The van der Waals surface area contributed by atoms with Crippen molar-refractivity contribution in [2.75, 3.05) is 5.75 Å². The van der Waals surface area contributed by atoms with E-state index in [1.807, 2.05) is 6.92 Å². The van der Waals surface area contributed by atoms with Crippen LogP contribution in [0.5, 0.6) is 0 Å². The van der Waals surface area contributed by atoms with Crippen LogP contribution in [0.3, 0.4) is 0 Å². The summed E-state index contributed by atoms with van der Waals surface area (Å²) >= 11 is 2.78. The Morgan fingerprint density at radius 1 is 1.91 bits per heavy atom. The quantitative estimate of drug-likeness (QED) is 0.738. The van der Waals surface area contributed by atoms with E-state index in [0.717, 1.165) is 10.1 Å². The molecule has 0 unspecified atom stereocenters. The van der Waals surface area contributed by atoms with Gasteiger partial charge in [-0.2, -0.15) is 0 Å². The number of carboxylic acid groups (broad SMARTS) is 1. The van der Waals surface area contributed by atoms with Crippen LogP contribution in [0.25, 0.3) is 0 Å². The fraction of sp³-hybridized carbons (Fsp3) is 0.333. The molecule has 0 atom stereocenters. The molecule has 1 aromatic rings. The van der Waals surface area contributed by atoms with Crippen molar-refractivity contribution in [3.8, 4) is 0 Å². The van der Waals surface area contributed by atoms with Crippen LogP contribution in [0.1, 0.15) is 16.6 Å². The van der Waals surface area contributed by atoms with Gasteiger partial charge >= 0.3 is 5.97 Å². The van der Waals surface area contributed by atoms with Crippen molar-refractivity contribution in [1.82, 2.24) is 4.98 Å². The minimum absolute atomic E-state index is 0.306. The smallest absolute Gasteiger partial charge is 0.347 e. The van der Waals surface area contributed by atoms with Gasteiger partial charge in [-0.05, 0) is 5.75 Å². The summed E-state index contributed by atoms with van der Waals surface area (Å²) in [6.07, 6.45) is 1.39. The molecule has 0 saturated carbocycles. The lowest BCUT2D eigenvalue weighted by atomic mass is 10.6. The highest BCUT2D eigenvalue weighted by Crippen LogP contribution is 2.23. The number of thioether (sulfide) groups is 1. The Bertz CT molecular complexity index is 259. The zero-order valence-electron chi connectivity index (χ0n) is 5.90. The Hall–Kier alpha value is -0.550. The summed E-state index contributed by atoms with van der Waals surface area (Å²) in [6, 6.07) is 0. The minimum Gasteiger partial charge on any atom is -0.477 e. The van der Waals surface area contributed by atoms with Crippen LogP contribution in [0, 0.1) is 0 Å². The lowest BCUT2D eigenvalue weighted by Crippen LogP contribution is -1.89. The van der Waals surface area contributed by atoms with Gasteiger partial charge in [-0.1, -0.05) is 18.7 Å². The molecule has 60 valence electrons. The van der Waals surface area contributed by atoms with E-state index >= 15 is 0 Å². The van der Waals surface area contributed by atoms with Gasteiger partial charge in [0.25, 0.3) is 0 Å². The van der Waals surface area contributed by atoms with E-state index in [1.54, 1.807) is 11.8 Å². The first-order valence-electron chi connectivity index (χ1n) is 3.06. The molecule has 0 fully saturated rings. The maximum absolute atomic E-state index is 10.4. The van der Waals surface area contributed by atoms with E-state index in [4.69, 9.17) is 5.11 Å². The number of aromatic carboxylic acids is 1. The van der Waals surface area contributed by atoms with Gasteiger partial charge in [0, 0.05) is 0 Å². The van der Waals surface area contributed by atoms with Crippen LogP contribution in [-0.4, -0.2) is 21.8 Å². The second-order valence-electron chi connectivity index (χ2n) is 1.73. The zero-order valence-corrected chi connectivity index (χ0v) is 7.54. The number of aromatic nitrogens is 1. The molecule has 0 aromatic carbocycles. The molecule has 3 nitrogen and oxygen atoms in total. The lowest BCUT2D eigenvalue weighted by Gasteiger charge is -1.85. The van der Waals surface area contributed by atoms with Crippen molar-refractivity contribution >= 4 is 29.1 Å². The average molecular weight is 189 g/mol. The van der Waals surface area contributed by atoms with E-state index in [1.165, 1.54) is 17.5 Å². The highest BCUT2D eigenvalue weighted by atomic mass is 32.2. The van der Waals surface area contributed by atoms with Crippen molar-refractivity contribution in [2.24, 2.45) is 0 Å². The van der Waals surface area contributed by atoms with E-state index < -0.39 is 5.97 Å². The molecule has 1 heterocycles. The molecule has 0 aliphatic carbocycles. The Balaban J connectivity index is 2.73. The first-order valence-corrected chi connectivity index (χ1v) is 4.86. The van der Waals surface area contributed by atoms with Crippen molar-refractivity contribution in [3.63, 3.8) is 0 Å². The maximum Gasteiger partial charge on any atom is 0.347 e. The third-order valence-corrected chi connectivity index (χ3v) is 2.99. The van der Waals surface area contributed by atoms with E-state index in [9.17, 15) is 4.79 Å². The van der Waals surface area contributed by atoms with Crippen LogP contribution in [0.15, 0.2) is 10.5 Å². The van der Waals surface area contributed by atoms with Crippen molar-refractivity contribution in [3.05, 3.63) is 11.1 Å². The topological polar surface area (TPSA) is 50.2 Å². The SMILES string of the molecule is CCSc1ncc(C(=O)O)s1. The van der Waals surface area contributed by atoms with Gasteiger partial charge in [-0.15, -0.1) is 11.3 Å². The number of carbonyl (C=O) groups is 1. The minimum atomic E-state index is -0.898. The molecule has 0 spiro atoms. The highest BCUT2D eigenvalue weighted by molar-refractivity contribution is 8.01. The molecule has 0 aliphatic heterocycles. The Labute approximate surface area is 72.5 Å². The van der Waals surface area contributed by atoms with E-state index in [2.05, 4.69) is 4.98 Å². The Kier molecular flexibility index (Phi) is 2.90. The van der Waals surface area contributed by atoms with Crippen molar-refractivity contribution in [2.45, 2.75) is 11.3 Å². The molecule has 0 bridgehead atoms. The number of carboxylic acids is 1. The molecule has 0 radical (unpaired) electrons. The van der Waals surface area contributed by atoms with Crippen LogP contribution in [0.4, 0.5) is 0 Å². The maximum atomic E-state index is 10.4. The monoisotopic (exact) mass is 189 g/mol. The summed E-state index contributed by atoms with van der Waals surface area (Å²) in [6.45, 7) is 2.01. The number of nitrogens with zero attached hydrogens (tertiary/aromatic N) is 1. The second-order valence-corrected chi connectivity index (χ2v) is 4.27. The molecule has 11 heavy (non-hydrogen) atoms. The average Bonchev–Trinajstić information content (AvgIpc) is 2.37. The van der Waals surface area contributed by atoms with E-state index in [-0.39, 0.29) is 0 Å². The van der Waals surface area contributed by atoms with Gasteiger partial charge in [-0.3, -0.25) is 0 Å². The standard InChI is InChI=1S/C6H7NO2S2/c1-2-10-6-7-3-4(11-6)5(8)9/h3H,2H2,1H3,(H,8,9). The van der Waals surface area contributed by atoms with Crippen LogP contribution >= 0.6 is 23.1 Å². The molecular formula is C6H7NO2S2. The Morgan fingerprint density at radius 3 is 3.09 bits per heavy atom. The van der Waals surface area contributed by atoms with Gasteiger partial charge in [0.1, 0.15) is 4.88 Å². The molecular weight excluding hydrogens is 182 g/mol. The summed E-state index contributed by atoms with van der Waals surface area (Å²) in [5.74, 6) is 0.0255. The predicted molar refractivity (Wildman–Crippen MR) is 45.5 cm³/mol. The van der Waals surface area contributed by atoms with Crippen LogP contribution in [-0.2, 0) is 0 Å². The molecule has 0 aliphatic rings. The first-order chi connectivity index (χ1) is 5.24. The summed E-state index contributed by atoms with van der Waals surface area (Å²) in [7, 11) is 0. The highest BCUT2D eigenvalue weighted by Gasteiger charge is 2.07. The fourth-order valence-corrected chi connectivity index (χ4v) is 2.27. The molecule has 1 rings (SSSR count). The molecule has 5 heteroatoms. The largest absolute Gasteiger partial charge is 0.477 e. The summed E-state index contributed by atoms with van der Waals surface area (Å²) in [5.41, 5.74) is 0. The molecule has 1 aromatic heterocycles. The zero-order chi connectivity index (χ0) is 8.27. The van der Waals surface area contributed by atoms with Gasteiger partial charge in [0.15, 0.2) is 4.34 Å². The number of thiazole rings is 1. The summed E-state index contributed by atoms with van der Waals surface area (Å²) in [4.78, 5) is 14.6. The van der Waals surface area contributed by atoms with Crippen molar-refractivity contribution in [1.29, 1.82) is 0 Å².